The molecule has 4 nitrogen and oxygen atoms in total. The normalized spacial score (nSPS) is 16.7. The van der Waals surface area contributed by atoms with Gasteiger partial charge in [0.25, 0.3) is 0 Å². The molecule has 216 valence electrons. The van der Waals surface area contributed by atoms with E-state index in [2.05, 4.69) is 133 Å². The molecule has 9 rings (SSSR count). The smallest absolute Gasteiger partial charge is 0.103 e. The van der Waals surface area contributed by atoms with Gasteiger partial charge in [-0.1, -0.05) is 127 Å². The average molecular weight is 589 g/mol. The molecule has 2 aliphatic rings. The first kappa shape index (κ1) is 26.4. The number of rotatable bonds is 4. The minimum Gasteiger partial charge on any atom is -0.274 e. The summed E-state index contributed by atoms with van der Waals surface area (Å²) in [5.74, 6) is 0.182. The molecule has 0 amide bonds. The van der Waals surface area contributed by atoms with Crippen LogP contribution in [0.2, 0.25) is 0 Å². The highest BCUT2D eigenvalue weighted by Gasteiger charge is 2.29. The summed E-state index contributed by atoms with van der Waals surface area (Å²) in [5.41, 5.74) is 12.1. The van der Waals surface area contributed by atoms with E-state index in [0.717, 1.165) is 78.1 Å². The fourth-order valence-corrected chi connectivity index (χ4v) is 6.55. The van der Waals surface area contributed by atoms with E-state index in [1.165, 1.54) is 0 Å². The number of benzene rings is 4. The Morgan fingerprint density at radius 2 is 0.978 bits per heavy atom. The van der Waals surface area contributed by atoms with Crippen molar-refractivity contribution in [3.05, 3.63) is 169 Å². The molecule has 2 atom stereocenters. The zero-order valence-electron chi connectivity index (χ0n) is 25.0. The highest BCUT2D eigenvalue weighted by Crippen LogP contribution is 2.39. The van der Waals surface area contributed by atoms with Gasteiger partial charge in [0.1, 0.15) is 6.04 Å². The fourth-order valence-electron chi connectivity index (χ4n) is 6.55. The van der Waals surface area contributed by atoms with Gasteiger partial charge in [-0.25, -0.2) is 15.0 Å². The van der Waals surface area contributed by atoms with E-state index >= 15 is 0 Å². The molecule has 0 saturated heterocycles. The maximum absolute atomic E-state index is 5.30. The average Bonchev–Trinajstić information content (AvgIpc) is 3.14. The van der Waals surface area contributed by atoms with Gasteiger partial charge in [0.05, 0.1) is 39.5 Å². The molecule has 1 aliphatic carbocycles. The molecule has 0 N–H and O–H groups in total. The van der Waals surface area contributed by atoms with E-state index in [0.29, 0.717) is 0 Å². The van der Waals surface area contributed by atoms with Crippen molar-refractivity contribution in [2.24, 2.45) is 10.9 Å². The van der Waals surface area contributed by atoms with Crippen LogP contribution in [-0.2, 0) is 0 Å². The van der Waals surface area contributed by atoms with Crippen molar-refractivity contribution in [2.45, 2.75) is 6.04 Å². The summed E-state index contributed by atoms with van der Waals surface area (Å²) in [4.78, 5) is 20.7. The largest absolute Gasteiger partial charge is 0.274 e. The first-order valence-electron chi connectivity index (χ1n) is 15.6. The molecule has 0 bridgehead atoms. The van der Waals surface area contributed by atoms with Gasteiger partial charge < -0.3 is 0 Å². The summed E-state index contributed by atoms with van der Waals surface area (Å²) in [6.45, 7) is 0. The predicted octanol–water partition coefficient (Wildman–Crippen LogP) is 9.92. The van der Waals surface area contributed by atoms with Gasteiger partial charge >= 0.3 is 0 Å². The number of aromatic nitrogens is 3. The lowest BCUT2D eigenvalue weighted by Crippen LogP contribution is -2.19. The Labute approximate surface area is 267 Å². The molecule has 1 aliphatic heterocycles. The summed E-state index contributed by atoms with van der Waals surface area (Å²) in [6.07, 6.45) is 8.82. The summed E-state index contributed by atoms with van der Waals surface area (Å²) in [7, 11) is 0. The maximum Gasteiger partial charge on any atom is 0.103 e. The lowest BCUT2D eigenvalue weighted by Gasteiger charge is -2.28. The minimum atomic E-state index is -0.0673. The topological polar surface area (TPSA) is 51.0 Å². The lowest BCUT2D eigenvalue weighted by molar-refractivity contribution is 0.592. The third-order valence-electron chi connectivity index (χ3n) is 8.97. The van der Waals surface area contributed by atoms with E-state index in [1.807, 2.05) is 24.3 Å². The molecule has 2 unspecified atom stereocenters. The number of hydrogen-bond donors (Lipinski definition) is 0. The van der Waals surface area contributed by atoms with Crippen LogP contribution in [0, 0.1) is 5.92 Å². The molecule has 4 aromatic carbocycles. The van der Waals surface area contributed by atoms with Gasteiger partial charge in [-0.3, -0.25) is 4.99 Å². The monoisotopic (exact) mass is 588 g/mol. The number of pyridine rings is 3. The van der Waals surface area contributed by atoms with Crippen molar-refractivity contribution in [3.8, 4) is 33.8 Å². The van der Waals surface area contributed by atoms with E-state index in [9.17, 15) is 0 Å². The van der Waals surface area contributed by atoms with E-state index in [1.54, 1.807) is 0 Å². The van der Waals surface area contributed by atoms with E-state index in [-0.39, 0.29) is 12.0 Å². The van der Waals surface area contributed by atoms with Crippen LogP contribution >= 0.6 is 0 Å². The van der Waals surface area contributed by atoms with Crippen LogP contribution in [0.3, 0.4) is 0 Å². The summed E-state index contributed by atoms with van der Waals surface area (Å²) < 4.78 is 0. The van der Waals surface area contributed by atoms with Crippen LogP contribution in [0.1, 0.15) is 22.9 Å². The number of allylic oxidation sites excluding steroid dienone is 1. The predicted molar refractivity (Wildman–Crippen MR) is 189 cm³/mol. The number of aliphatic imine (C=N–C) groups is 1. The van der Waals surface area contributed by atoms with Crippen LogP contribution in [0.5, 0.6) is 0 Å². The van der Waals surface area contributed by atoms with Gasteiger partial charge in [0.15, 0.2) is 0 Å². The van der Waals surface area contributed by atoms with Crippen molar-refractivity contribution in [2.75, 3.05) is 0 Å². The maximum atomic E-state index is 5.30. The van der Waals surface area contributed by atoms with Crippen molar-refractivity contribution < 1.29 is 0 Å². The zero-order valence-corrected chi connectivity index (χ0v) is 25.0. The molecular weight excluding hydrogens is 560 g/mol. The van der Waals surface area contributed by atoms with E-state index < -0.39 is 0 Å². The van der Waals surface area contributed by atoms with Gasteiger partial charge in [0.2, 0.25) is 0 Å². The van der Waals surface area contributed by atoms with Crippen molar-refractivity contribution in [3.63, 3.8) is 0 Å². The molecule has 0 spiro atoms. The molecule has 3 aromatic heterocycles. The minimum absolute atomic E-state index is 0.0673. The van der Waals surface area contributed by atoms with E-state index in [4.69, 9.17) is 19.9 Å². The van der Waals surface area contributed by atoms with Crippen LogP contribution in [0.25, 0.3) is 61.7 Å². The molecule has 46 heavy (non-hydrogen) atoms. The third-order valence-corrected chi connectivity index (χ3v) is 8.97. The van der Waals surface area contributed by atoms with Gasteiger partial charge in [-0.05, 0) is 35.9 Å². The zero-order chi connectivity index (χ0) is 30.5. The SMILES string of the molecule is C1=CC2C=Cc3ccc(-c4ccccc4)nc3C2N=C1c1cccc(-c2ccc3ccc4ccc(-c5ccccc5)nc4c3n2)c1. The second-order valence-corrected chi connectivity index (χ2v) is 11.8. The molecule has 0 radical (unpaired) electrons. The Balaban J connectivity index is 1.09. The Kier molecular flexibility index (Phi) is 6.24. The van der Waals surface area contributed by atoms with Crippen LogP contribution in [-0.4, -0.2) is 20.7 Å². The van der Waals surface area contributed by atoms with Crippen LogP contribution < -0.4 is 0 Å². The summed E-state index contributed by atoms with van der Waals surface area (Å²) in [5, 5.41) is 2.15. The van der Waals surface area contributed by atoms with Crippen LogP contribution in [0.15, 0.2) is 157 Å². The number of nitrogens with zero attached hydrogens (tertiary/aromatic N) is 4. The fraction of sp³-hybridized carbons (Fsp3) is 0.0476. The Morgan fingerprint density at radius 1 is 0.435 bits per heavy atom. The highest BCUT2D eigenvalue weighted by molar-refractivity contribution is 6.10. The number of dihydropyridines is 1. The number of hydrogen-bond acceptors (Lipinski definition) is 4. The molecule has 0 saturated carbocycles. The first-order valence-corrected chi connectivity index (χ1v) is 15.6. The Bertz CT molecular complexity index is 2370. The van der Waals surface area contributed by atoms with Gasteiger partial charge in [-0.15, -0.1) is 0 Å². The van der Waals surface area contributed by atoms with Crippen molar-refractivity contribution in [1.29, 1.82) is 0 Å². The second-order valence-electron chi connectivity index (χ2n) is 11.8. The first-order chi connectivity index (χ1) is 22.8. The second kappa shape index (κ2) is 10.9. The molecule has 0 fully saturated rings. The summed E-state index contributed by atoms with van der Waals surface area (Å²) in [6, 6.07) is 46.1. The molecule has 4 heterocycles. The Hall–Kier alpha value is -6.00. The lowest BCUT2D eigenvalue weighted by atomic mass is 9.85. The third kappa shape index (κ3) is 4.63. The van der Waals surface area contributed by atoms with Crippen molar-refractivity contribution in [1.82, 2.24) is 15.0 Å². The van der Waals surface area contributed by atoms with Crippen LogP contribution in [0.4, 0.5) is 0 Å². The van der Waals surface area contributed by atoms with Crippen molar-refractivity contribution >= 4 is 33.6 Å². The van der Waals surface area contributed by atoms with Gasteiger partial charge in [-0.2, -0.15) is 0 Å². The van der Waals surface area contributed by atoms with Gasteiger partial charge in [0, 0.05) is 38.9 Å². The standard InChI is InChI=1S/C42H28N4/c1-3-8-27(9-4-1)35-22-18-29-14-16-31-20-24-37(45-41(31)39(29)43-35)33-12-7-13-34(26-33)38-25-21-32-17-15-30-19-23-36(28-10-5-2-6-11-28)44-40(30)42(32)46-38/h1-26,31,41H. The molecule has 4 heteroatoms. The molecule has 7 aromatic rings. The molecular formula is C42H28N4. The number of fused-ring (bicyclic) bond motifs is 6. The quantitative estimate of drug-likeness (QED) is 0.192. The Morgan fingerprint density at radius 3 is 1.67 bits per heavy atom. The highest BCUT2D eigenvalue weighted by atomic mass is 14.9. The summed E-state index contributed by atoms with van der Waals surface area (Å²) >= 11 is 0.